The van der Waals surface area contributed by atoms with Crippen molar-refractivity contribution in [2.75, 3.05) is 6.61 Å². The number of Topliss-reactive ketones (excluding diaryl/α,β-unsaturated/α-hetero) is 1. The van der Waals surface area contributed by atoms with Gasteiger partial charge in [0.2, 0.25) is 0 Å². The van der Waals surface area contributed by atoms with E-state index >= 15 is 0 Å². The molecule has 0 aliphatic rings. The van der Waals surface area contributed by atoms with Crippen molar-refractivity contribution in [2.24, 2.45) is 0 Å². The van der Waals surface area contributed by atoms with E-state index in [2.05, 4.69) is 4.74 Å². The first-order valence-corrected chi connectivity index (χ1v) is 3.53. The van der Waals surface area contributed by atoms with Crippen molar-refractivity contribution < 1.29 is 24.5 Å². The third-order valence-electron chi connectivity index (χ3n) is 1.03. The van der Waals surface area contributed by atoms with Gasteiger partial charge in [0.1, 0.15) is 12.2 Å². The summed E-state index contributed by atoms with van der Waals surface area (Å²) in [5, 5.41) is 16.7. The van der Waals surface area contributed by atoms with Crippen LogP contribution in [0.2, 0.25) is 0 Å². The maximum absolute atomic E-state index is 10.6. The van der Waals surface area contributed by atoms with E-state index < -0.39 is 12.3 Å². The lowest BCUT2D eigenvalue weighted by molar-refractivity contribution is -0.147. The Morgan fingerprint density at radius 2 is 2.00 bits per heavy atom. The molecule has 0 aromatic rings. The Labute approximate surface area is 70.0 Å². The summed E-state index contributed by atoms with van der Waals surface area (Å²) in [6, 6.07) is 0. The summed E-state index contributed by atoms with van der Waals surface area (Å²) in [6.07, 6.45) is -1.78. The molecule has 0 bridgehead atoms. The highest BCUT2D eigenvalue weighted by Gasteiger charge is 2.06. The lowest BCUT2D eigenvalue weighted by atomic mass is 10.3. The highest BCUT2D eigenvalue weighted by atomic mass is 16.5. The quantitative estimate of drug-likeness (QED) is 0.326. The van der Waals surface area contributed by atoms with Gasteiger partial charge in [0, 0.05) is 6.42 Å². The van der Waals surface area contributed by atoms with Gasteiger partial charge in [-0.05, 0) is 6.92 Å². The molecule has 12 heavy (non-hydrogen) atoms. The van der Waals surface area contributed by atoms with Crippen molar-refractivity contribution in [1.82, 2.24) is 0 Å². The Bertz CT molecular complexity index is 163. The Hall–Kier alpha value is -0.940. The number of aliphatic hydroxyl groups is 2. The van der Waals surface area contributed by atoms with Crippen LogP contribution in [0.3, 0.4) is 0 Å². The van der Waals surface area contributed by atoms with Crippen molar-refractivity contribution in [3.63, 3.8) is 0 Å². The fraction of sp³-hybridized carbons (Fsp3) is 0.714. The Morgan fingerprint density at radius 1 is 1.42 bits per heavy atom. The second-order valence-corrected chi connectivity index (χ2v) is 2.37. The van der Waals surface area contributed by atoms with Crippen LogP contribution in [-0.2, 0) is 14.3 Å². The summed E-state index contributed by atoms with van der Waals surface area (Å²) in [5.74, 6) is -0.910. The van der Waals surface area contributed by atoms with Crippen LogP contribution in [0.5, 0.6) is 0 Å². The van der Waals surface area contributed by atoms with E-state index in [4.69, 9.17) is 10.2 Å². The number of hydrogen-bond donors (Lipinski definition) is 2. The van der Waals surface area contributed by atoms with Crippen LogP contribution in [-0.4, -0.2) is 34.9 Å². The lowest BCUT2D eigenvalue weighted by Crippen LogP contribution is -2.14. The molecule has 0 saturated heterocycles. The predicted molar refractivity (Wildman–Crippen MR) is 39.1 cm³/mol. The van der Waals surface area contributed by atoms with Gasteiger partial charge in [-0.15, -0.1) is 0 Å². The largest absolute Gasteiger partial charge is 0.465 e. The zero-order valence-electron chi connectivity index (χ0n) is 6.82. The molecule has 0 radical (unpaired) electrons. The molecule has 0 aromatic heterocycles. The fourth-order valence-corrected chi connectivity index (χ4v) is 0.532. The molecule has 0 aliphatic heterocycles. The predicted octanol–water partition coefficient (Wildman–Crippen LogP) is -0.791. The maximum Gasteiger partial charge on any atom is 0.313 e. The molecular formula is C7H12O5. The number of carbonyl (C=O) groups is 2. The zero-order valence-corrected chi connectivity index (χ0v) is 6.82. The number of rotatable bonds is 5. The molecule has 0 atom stereocenters. The van der Waals surface area contributed by atoms with E-state index in [9.17, 15) is 9.59 Å². The SMILES string of the molecule is CC(=O)CC(=O)OCCC(O)O. The minimum atomic E-state index is -1.48. The minimum absolute atomic E-state index is 0.0381. The van der Waals surface area contributed by atoms with Crippen LogP contribution in [0, 0.1) is 0 Å². The highest BCUT2D eigenvalue weighted by Crippen LogP contribution is 1.92. The monoisotopic (exact) mass is 176 g/mol. The number of ketones is 1. The second kappa shape index (κ2) is 5.68. The smallest absolute Gasteiger partial charge is 0.313 e. The van der Waals surface area contributed by atoms with E-state index in [0.29, 0.717) is 0 Å². The first-order chi connectivity index (χ1) is 5.52. The van der Waals surface area contributed by atoms with E-state index in [0.717, 1.165) is 0 Å². The third kappa shape index (κ3) is 7.17. The van der Waals surface area contributed by atoms with Gasteiger partial charge in [0.15, 0.2) is 6.29 Å². The molecular weight excluding hydrogens is 164 g/mol. The summed E-state index contributed by atoms with van der Waals surface area (Å²) in [6.45, 7) is 1.20. The van der Waals surface area contributed by atoms with Crippen molar-refractivity contribution in [1.29, 1.82) is 0 Å². The molecule has 0 aliphatic carbocycles. The average molecular weight is 176 g/mol. The molecule has 0 fully saturated rings. The van der Waals surface area contributed by atoms with Crippen molar-refractivity contribution in [3.8, 4) is 0 Å². The van der Waals surface area contributed by atoms with E-state index in [1.54, 1.807) is 0 Å². The molecule has 5 nitrogen and oxygen atoms in total. The molecule has 0 spiro atoms. The van der Waals surface area contributed by atoms with Gasteiger partial charge in [-0.25, -0.2) is 0 Å². The Kier molecular flexibility index (Phi) is 5.23. The number of aliphatic hydroxyl groups excluding tert-OH is 1. The fourth-order valence-electron chi connectivity index (χ4n) is 0.532. The van der Waals surface area contributed by atoms with Gasteiger partial charge in [0.05, 0.1) is 6.61 Å². The molecule has 0 heterocycles. The second-order valence-electron chi connectivity index (χ2n) is 2.37. The molecule has 2 N–H and O–H groups in total. The highest BCUT2D eigenvalue weighted by molar-refractivity contribution is 5.94. The van der Waals surface area contributed by atoms with Crippen LogP contribution in [0.1, 0.15) is 19.8 Å². The third-order valence-corrected chi connectivity index (χ3v) is 1.03. The van der Waals surface area contributed by atoms with Crippen molar-refractivity contribution in [2.45, 2.75) is 26.1 Å². The van der Waals surface area contributed by atoms with E-state index in [-0.39, 0.29) is 25.2 Å². The van der Waals surface area contributed by atoms with E-state index in [1.165, 1.54) is 6.92 Å². The Morgan fingerprint density at radius 3 is 2.42 bits per heavy atom. The van der Waals surface area contributed by atoms with E-state index in [1.807, 2.05) is 0 Å². The zero-order chi connectivity index (χ0) is 9.56. The summed E-state index contributed by atoms with van der Waals surface area (Å²) >= 11 is 0. The van der Waals surface area contributed by atoms with Gasteiger partial charge in [-0.1, -0.05) is 0 Å². The number of ether oxygens (including phenoxy) is 1. The summed E-state index contributed by atoms with van der Waals surface area (Å²) in [4.78, 5) is 21.0. The van der Waals surface area contributed by atoms with Gasteiger partial charge >= 0.3 is 5.97 Å². The normalized spacial score (nSPS) is 10.0. The van der Waals surface area contributed by atoms with Crippen LogP contribution in [0.25, 0.3) is 0 Å². The maximum atomic E-state index is 10.6. The number of hydrogen-bond acceptors (Lipinski definition) is 5. The molecule has 5 heteroatoms. The minimum Gasteiger partial charge on any atom is -0.465 e. The Balaban J connectivity index is 3.38. The standard InChI is InChI=1S/C7H12O5/c1-5(8)4-7(11)12-3-2-6(9)10/h6,9-10H,2-4H2,1H3. The van der Waals surface area contributed by atoms with Crippen LogP contribution in [0.4, 0.5) is 0 Å². The topological polar surface area (TPSA) is 83.8 Å². The van der Waals surface area contributed by atoms with Crippen molar-refractivity contribution >= 4 is 11.8 Å². The van der Waals surface area contributed by atoms with Gasteiger partial charge in [0.25, 0.3) is 0 Å². The van der Waals surface area contributed by atoms with Crippen molar-refractivity contribution in [3.05, 3.63) is 0 Å². The summed E-state index contributed by atoms with van der Waals surface area (Å²) in [5.41, 5.74) is 0. The lowest BCUT2D eigenvalue weighted by Gasteiger charge is -2.04. The molecule has 0 rings (SSSR count). The first kappa shape index (κ1) is 11.1. The van der Waals surface area contributed by atoms with Crippen LogP contribution in [0.15, 0.2) is 0 Å². The van der Waals surface area contributed by atoms with Gasteiger partial charge in [-0.2, -0.15) is 0 Å². The number of carbonyl (C=O) groups excluding carboxylic acids is 2. The van der Waals surface area contributed by atoms with Gasteiger partial charge in [-0.3, -0.25) is 9.59 Å². The molecule has 0 unspecified atom stereocenters. The average Bonchev–Trinajstić information content (AvgIpc) is 1.84. The van der Waals surface area contributed by atoms with Crippen LogP contribution < -0.4 is 0 Å². The summed E-state index contributed by atoms with van der Waals surface area (Å²) < 4.78 is 4.48. The molecule has 0 saturated carbocycles. The van der Waals surface area contributed by atoms with Crippen LogP contribution >= 0.6 is 0 Å². The number of esters is 1. The van der Waals surface area contributed by atoms with Gasteiger partial charge < -0.3 is 14.9 Å². The molecule has 70 valence electrons. The molecule has 0 aromatic carbocycles. The summed E-state index contributed by atoms with van der Waals surface area (Å²) in [7, 11) is 0. The molecule has 0 amide bonds. The first-order valence-electron chi connectivity index (χ1n) is 3.53.